The van der Waals surface area contributed by atoms with Crippen LogP contribution in [0, 0.1) is 0 Å². The maximum Gasteiger partial charge on any atom is 0.114 e. The van der Waals surface area contributed by atoms with Crippen molar-refractivity contribution in [2.75, 3.05) is 0 Å². The minimum absolute atomic E-state index is 0.0727. The van der Waals surface area contributed by atoms with Gasteiger partial charge in [-0.15, -0.1) is 0 Å². The number of fused-ring (bicyclic) bond motifs is 10. The highest BCUT2D eigenvalue weighted by molar-refractivity contribution is 6.30. The van der Waals surface area contributed by atoms with Crippen molar-refractivity contribution in [3.05, 3.63) is 240 Å². The lowest BCUT2D eigenvalue weighted by Gasteiger charge is -2.31. The number of benzene rings is 10. The van der Waals surface area contributed by atoms with Crippen LogP contribution >= 0.6 is 0 Å². The molecule has 1 fully saturated rings. The van der Waals surface area contributed by atoms with E-state index in [1.54, 1.807) is 0 Å². The summed E-state index contributed by atoms with van der Waals surface area (Å²) in [6, 6.07) is 76.8. The van der Waals surface area contributed by atoms with Gasteiger partial charge in [-0.25, -0.2) is 0 Å². The molecule has 1 heterocycles. The van der Waals surface area contributed by atoms with Gasteiger partial charge >= 0.3 is 0 Å². The van der Waals surface area contributed by atoms with E-state index in [4.69, 9.17) is 4.74 Å². The molecule has 270 valence electrons. The maximum absolute atomic E-state index is 6.33. The highest BCUT2D eigenvalue weighted by Gasteiger charge is 2.51. The van der Waals surface area contributed by atoms with Crippen LogP contribution in [0.1, 0.15) is 45.6 Å². The summed E-state index contributed by atoms with van der Waals surface area (Å²) in [5.41, 5.74) is 17.5. The average Bonchev–Trinajstić information content (AvgIpc) is 3.98. The van der Waals surface area contributed by atoms with Crippen LogP contribution in [-0.2, 0) is 10.2 Å². The lowest BCUT2D eigenvalue weighted by atomic mass is 9.70. The zero-order valence-electron chi connectivity index (χ0n) is 31.7. The standard InChI is InChI=1S/C57H36O/c1-4-14-35(15-5-1)40-30-41(36-16-6-2-7-17-36)32-42(31-40)38-27-29-50-48(33-38)44-20-10-11-23-49(44)57(50)51-24-12-21-45-43-28-26-39(56-55(58-56)37-18-8-3-9-19-37)34-47(43)46-22-13-25-52(57)54(46)53(45)51/h1-34,55-56H. The third kappa shape index (κ3) is 4.40. The zero-order valence-corrected chi connectivity index (χ0v) is 31.7. The van der Waals surface area contributed by atoms with Gasteiger partial charge in [-0.05, 0) is 141 Å². The minimum atomic E-state index is -0.425. The molecular weight excluding hydrogens is 701 g/mol. The topological polar surface area (TPSA) is 12.5 Å². The Bertz CT molecular complexity index is 3250. The second kappa shape index (κ2) is 12.0. The molecule has 1 nitrogen and oxygen atoms in total. The first-order valence-corrected chi connectivity index (χ1v) is 20.4. The van der Waals surface area contributed by atoms with Crippen LogP contribution in [0.15, 0.2) is 206 Å². The summed E-state index contributed by atoms with van der Waals surface area (Å²) < 4.78 is 6.33. The molecule has 1 spiro atoms. The predicted octanol–water partition coefficient (Wildman–Crippen LogP) is 14.6. The van der Waals surface area contributed by atoms with Crippen molar-refractivity contribution in [3.8, 4) is 44.5 Å². The molecule has 3 unspecified atom stereocenters. The molecule has 0 bridgehead atoms. The van der Waals surface area contributed by atoms with Crippen LogP contribution in [0.3, 0.4) is 0 Å². The Kier molecular flexibility index (Phi) is 6.62. The van der Waals surface area contributed by atoms with Crippen LogP contribution < -0.4 is 0 Å². The maximum atomic E-state index is 6.33. The lowest BCUT2D eigenvalue weighted by molar-refractivity contribution is 0.378. The molecule has 1 heteroatoms. The van der Waals surface area contributed by atoms with Crippen molar-refractivity contribution >= 4 is 32.3 Å². The monoisotopic (exact) mass is 736 g/mol. The van der Waals surface area contributed by atoms with Crippen LogP contribution in [0.4, 0.5) is 0 Å². The van der Waals surface area contributed by atoms with E-state index in [9.17, 15) is 0 Å². The SMILES string of the molecule is c1ccc(-c2cc(-c3ccccc3)cc(-c3ccc4c(c3)-c3ccccc3C43c4cccc5c6ccc(C7OC7c7ccccc7)cc6c6cccc3c6c45)c2)cc1. The predicted molar refractivity (Wildman–Crippen MR) is 239 cm³/mol. The Morgan fingerprint density at radius 3 is 1.50 bits per heavy atom. The minimum Gasteiger partial charge on any atom is -0.359 e. The third-order valence-corrected chi connectivity index (χ3v) is 13.3. The van der Waals surface area contributed by atoms with Crippen LogP contribution in [0.5, 0.6) is 0 Å². The van der Waals surface area contributed by atoms with Crippen molar-refractivity contribution in [1.29, 1.82) is 0 Å². The van der Waals surface area contributed by atoms with Gasteiger partial charge < -0.3 is 4.74 Å². The largest absolute Gasteiger partial charge is 0.359 e. The normalized spacial score (nSPS) is 18.3. The van der Waals surface area contributed by atoms with Crippen molar-refractivity contribution < 1.29 is 4.74 Å². The molecule has 2 aliphatic carbocycles. The number of epoxide rings is 1. The van der Waals surface area contributed by atoms with Crippen molar-refractivity contribution in [3.63, 3.8) is 0 Å². The molecule has 0 radical (unpaired) electrons. The van der Waals surface area contributed by atoms with E-state index < -0.39 is 5.41 Å². The Labute approximate surface area is 337 Å². The van der Waals surface area contributed by atoms with Gasteiger partial charge in [-0.2, -0.15) is 0 Å². The molecule has 10 aromatic carbocycles. The van der Waals surface area contributed by atoms with E-state index in [1.807, 2.05) is 0 Å². The summed E-state index contributed by atoms with van der Waals surface area (Å²) in [7, 11) is 0. The lowest BCUT2D eigenvalue weighted by Crippen LogP contribution is -2.26. The number of hydrogen-bond donors (Lipinski definition) is 0. The third-order valence-electron chi connectivity index (χ3n) is 13.3. The molecule has 1 aliphatic heterocycles. The molecule has 0 aromatic heterocycles. The van der Waals surface area contributed by atoms with E-state index in [-0.39, 0.29) is 12.2 Å². The second-order valence-electron chi connectivity index (χ2n) is 16.2. The van der Waals surface area contributed by atoms with Gasteiger partial charge in [0.15, 0.2) is 0 Å². The van der Waals surface area contributed by atoms with Gasteiger partial charge in [0, 0.05) is 0 Å². The first kappa shape index (κ1) is 32.1. The van der Waals surface area contributed by atoms with E-state index in [2.05, 4.69) is 206 Å². The fraction of sp³-hybridized carbons (Fsp3) is 0.0526. The molecule has 3 aliphatic rings. The first-order chi connectivity index (χ1) is 28.8. The molecule has 0 amide bonds. The summed E-state index contributed by atoms with van der Waals surface area (Å²) in [6.45, 7) is 0. The molecule has 1 saturated heterocycles. The van der Waals surface area contributed by atoms with E-state index in [0.29, 0.717) is 0 Å². The summed E-state index contributed by atoms with van der Waals surface area (Å²) in [5, 5.41) is 8.00. The molecule has 0 saturated carbocycles. The van der Waals surface area contributed by atoms with Crippen LogP contribution in [0.25, 0.3) is 76.8 Å². The summed E-state index contributed by atoms with van der Waals surface area (Å²) >= 11 is 0. The molecular formula is C57H36O. The van der Waals surface area contributed by atoms with Gasteiger partial charge in [-0.3, -0.25) is 0 Å². The van der Waals surface area contributed by atoms with E-state index in [0.717, 1.165) is 0 Å². The summed E-state index contributed by atoms with van der Waals surface area (Å²) in [4.78, 5) is 0. The molecule has 0 N–H and O–H groups in total. The first-order valence-electron chi connectivity index (χ1n) is 20.4. The molecule has 10 aromatic rings. The van der Waals surface area contributed by atoms with Crippen LogP contribution in [-0.4, -0.2) is 0 Å². The van der Waals surface area contributed by atoms with Crippen LogP contribution in [0.2, 0.25) is 0 Å². The van der Waals surface area contributed by atoms with Crippen molar-refractivity contribution in [1.82, 2.24) is 0 Å². The van der Waals surface area contributed by atoms with Gasteiger partial charge in [-0.1, -0.05) is 176 Å². The average molecular weight is 737 g/mol. The fourth-order valence-electron chi connectivity index (χ4n) is 10.8. The van der Waals surface area contributed by atoms with E-state index in [1.165, 1.54) is 110 Å². The smallest absolute Gasteiger partial charge is 0.114 e. The van der Waals surface area contributed by atoms with Crippen molar-refractivity contribution in [2.45, 2.75) is 17.6 Å². The molecule has 13 rings (SSSR count). The molecule has 58 heavy (non-hydrogen) atoms. The summed E-state index contributed by atoms with van der Waals surface area (Å²) in [6.07, 6.45) is 0.178. The Balaban J connectivity index is 1.02. The number of hydrogen-bond acceptors (Lipinski definition) is 1. The highest BCUT2D eigenvalue weighted by atomic mass is 16.6. The second-order valence-corrected chi connectivity index (χ2v) is 16.2. The fourth-order valence-corrected chi connectivity index (χ4v) is 10.8. The Morgan fingerprint density at radius 1 is 0.293 bits per heavy atom. The summed E-state index contributed by atoms with van der Waals surface area (Å²) in [5.74, 6) is 0. The van der Waals surface area contributed by atoms with E-state index >= 15 is 0 Å². The number of rotatable bonds is 5. The zero-order chi connectivity index (χ0) is 38.0. The Morgan fingerprint density at radius 2 is 0.828 bits per heavy atom. The molecule has 3 atom stereocenters. The Hall–Kier alpha value is -7.06. The highest BCUT2D eigenvalue weighted by Crippen LogP contribution is 2.63. The van der Waals surface area contributed by atoms with Gasteiger partial charge in [0.25, 0.3) is 0 Å². The van der Waals surface area contributed by atoms with Crippen molar-refractivity contribution in [2.24, 2.45) is 0 Å². The van der Waals surface area contributed by atoms with Gasteiger partial charge in [0.05, 0.1) is 5.41 Å². The van der Waals surface area contributed by atoms with Gasteiger partial charge in [0.1, 0.15) is 12.2 Å². The number of ether oxygens (including phenoxy) is 1. The quantitative estimate of drug-likeness (QED) is 0.127. The van der Waals surface area contributed by atoms with Gasteiger partial charge in [0.2, 0.25) is 0 Å².